The van der Waals surface area contributed by atoms with Crippen molar-refractivity contribution in [3.8, 4) is 11.1 Å². The quantitative estimate of drug-likeness (QED) is 0.552. The summed E-state index contributed by atoms with van der Waals surface area (Å²) in [5, 5.41) is 0. The van der Waals surface area contributed by atoms with Crippen molar-refractivity contribution in [2.24, 2.45) is 0 Å². The molecule has 0 unspecified atom stereocenters. The number of carbonyl (C=O) groups excluding carboxylic acids is 1. The van der Waals surface area contributed by atoms with Crippen molar-refractivity contribution in [3.63, 3.8) is 0 Å². The van der Waals surface area contributed by atoms with Crippen LogP contribution in [0.3, 0.4) is 0 Å². The smallest absolute Gasteiger partial charge is 0.417 e. The van der Waals surface area contributed by atoms with Gasteiger partial charge in [0.05, 0.1) is 23.8 Å². The SMILES string of the molecule is COC(=O)c1ccc(-c2cccc(C(F)(F)F)c2)cc1C(F)(F)F. The van der Waals surface area contributed by atoms with E-state index in [-0.39, 0.29) is 11.1 Å². The van der Waals surface area contributed by atoms with Gasteiger partial charge in [-0.15, -0.1) is 0 Å². The molecular formula is C16H10F6O2. The van der Waals surface area contributed by atoms with E-state index in [2.05, 4.69) is 4.74 Å². The normalized spacial score (nSPS) is 12.1. The summed E-state index contributed by atoms with van der Waals surface area (Å²) < 4.78 is 81.8. The van der Waals surface area contributed by atoms with Gasteiger partial charge in [0, 0.05) is 0 Å². The molecule has 2 rings (SSSR count). The van der Waals surface area contributed by atoms with Crippen LogP contribution in [0.4, 0.5) is 26.3 Å². The minimum absolute atomic E-state index is 0.0493. The van der Waals surface area contributed by atoms with Crippen LogP contribution in [0.5, 0.6) is 0 Å². The molecule has 0 spiro atoms. The van der Waals surface area contributed by atoms with Crippen LogP contribution in [0.2, 0.25) is 0 Å². The van der Waals surface area contributed by atoms with E-state index in [4.69, 9.17) is 0 Å². The molecule has 0 saturated heterocycles. The van der Waals surface area contributed by atoms with E-state index < -0.39 is 35.0 Å². The van der Waals surface area contributed by atoms with Crippen molar-refractivity contribution >= 4 is 5.97 Å². The number of alkyl halides is 6. The zero-order valence-corrected chi connectivity index (χ0v) is 12.1. The third-order valence-electron chi connectivity index (χ3n) is 3.25. The van der Waals surface area contributed by atoms with Crippen LogP contribution in [-0.2, 0) is 17.1 Å². The summed E-state index contributed by atoms with van der Waals surface area (Å²) in [7, 11) is 0.934. The number of methoxy groups -OCH3 is 1. The van der Waals surface area contributed by atoms with Gasteiger partial charge in [-0.1, -0.05) is 18.2 Å². The van der Waals surface area contributed by atoms with Crippen molar-refractivity contribution in [3.05, 3.63) is 59.2 Å². The molecule has 0 amide bonds. The first-order chi connectivity index (χ1) is 11.0. The topological polar surface area (TPSA) is 26.3 Å². The van der Waals surface area contributed by atoms with Gasteiger partial charge in [-0.3, -0.25) is 0 Å². The zero-order chi connectivity index (χ0) is 18.1. The molecule has 24 heavy (non-hydrogen) atoms. The second-order valence-electron chi connectivity index (χ2n) is 4.83. The predicted octanol–water partition coefficient (Wildman–Crippen LogP) is 5.18. The Hall–Kier alpha value is -2.51. The maximum atomic E-state index is 13.1. The summed E-state index contributed by atoms with van der Waals surface area (Å²) in [6, 6.07) is 6.55. The first kappa shape index (κ1) is 17.8. The molecule has 2 aromatic carbocycles. The van der Waals surface area contributed by atoms with Crippen molar-refractivity contribution in [1.29, 1.82) is 0 Å². The Kier molecular flexibility index (Phi) is 4.59. The molecular weight excluding hydrogens is 338 g/mol. The molecule has 128 valence electrons. The molecule has 0 bridgehead atoms. The van der Waals surface area contributed by atoms with Gasteiger partial charge in [0.15, 0.2) is 0 Å². The number of carbonyl (C=O) groups is 1. The van der Waals surface area contributed by atoms with Gasteiger partial charge in [0.1, 0.15) is 0 Å². The summed E-state index contributed by atoms with van der Waals surface area (Å²) in [5.74, 6) is -1.18. The van der Waals surface area contributed by atoms with Gasteiger partial charge in [-0.05, 0) is 35.4 Å². The predicted molar refractivity (Wildman–Crippen MR) is 73.2 cm³/mol. The highest BCUT2D eigenvalue weighted by molar-refractivity contribution is 5.92. The Morgan fingerprint density at radius 1 is 0.875 bits per heavy atom. The Labute approximate surface area is 132 Å². The molecule has 0 aliphatic rings. The van der Waals surface area contributed by atoms with E-state index in [1.165, 1.54) is 6.07 Å². The summed E-state index contributed by atoms with van der Waals surface area (Å²) >= 11 is 0. The van der Waals surface area contributed by atoms with Crippen LogP contribution in [0.25, 0.3) is 11.1 Å². The van der Waals surface area contributed by atoms with Gasteiger partial charge in [-0.25, -0.2) is 4.79 Å². The fourth-order valence-electron chi connectivity index (χ4n) is 2.12. The maximum Gasteiger partial charge on any atom is 0.417 e. The molecule has 0 heterocycles. The number of esters is 1. The number of ether oxygens (including phenoxy) is 1. The van der Waals surface area contributed by atoms with Crippen LogP contribution in [-0.4, -0.2) is 13.1 Å². The number of halogens is 6. The Bertz CT molecular complexity index is 762. The fourth-order valence-corrected chi connectivity index (χ4v) is 2.12. The van der Waals surface area contributed by atoms with Crippen molar-refractivity contribution < 1.29 is 35.9 Å². The highest BCUT2D eigenvalue weighted by Crippen LogP contribution is 2.37. The average molecular weight is 348 g/mol. The van der Waals surface area contributed by atoms with Crippen LogP contribution in [0, 0.1) is 0 Å². The third kappa shape index (κ3) is 3.69. The molecule has 0 aliphatic heterocycles. The Morgan fingerprint density at radius 3 is 2.04 bits per heavy atom. The summed E-state index contributed by atoms with van der Waals surface area (Å²) in [6.45, 7) is 0. The molecule has 8 heteroatoms. The van der Waals surface area contributed by atoms with Gasteiger partial charge >= 0.3 is 18.3 Å². The molecule has 0 atom stereocenters. The van der Waals surface area contributed by atoms with Crippen LogP contribution >= 0.6 is 0 Å². The number of hydrogen-bond donors (Lipinski definition) is 0. The molecule has 0 N–H and O–H groups in total. The maximum absolute atomic E-state index is 13.1. The highest BCUT2D eigenvalue weighted by atomic mass is 19.4. The lowest BCUT2D eigenvalue weighted by atomic mass is 9.97. The van der Waals surface area contributed by atoms with E-state index in [9.17, 15) is 31.1 Å². The standard InChI is InChI=1S/C16H10F6O2/c1-24-14(23)12-6-5-10(8-13(12)16(20,21)22)9-3-2-4-11(7-9)15(17,18)19/h2-8H,1H3. The number of benzene rings is 2. The Balaban J connectivity index is 2.59. The van der Waals surface area contributed by atoms with Gasteiger partial charge in [0.25, 0.3) is 0 Å². The minimum Gasteiger partial charge on any atom is -0.465 e. The molecule has 0 fully saturated rings. The minimum atomic E-state index is -4.86. The molecule has 0 aliphatic carbocycles. The van der Waals surface area contributed by atoms with Crippen molar-refractivity contribution in [1.82, 2.24) is 0 Å². The monoisotopic (exact) mass is 348 g/mol. The van der Waals surface area contributed by atoms with E-state index in [1.54, 1.807) is 0 Å². The van der Waals surface area contributed by atoms with Crippen LogP contribution in [0.15, 0.2) is 42.5 Å². The lowest BCUT2D eigenvalue weighted by molar-refractivity contribution is -0.138. The van der Waals surface area contributed by atoms with E-state index in [1.807, 2.05) is 0 Å². The second-order valence-corrected chi connectivity index (χ2v) is 4.83. The summed E-state index contributed by atoms with van der Waals surface area (Å²) in [4.78, 5) is 11.4. The van der Waals surface area contributed by atoms with Gasteiger partial charge < -0.3 is 4.74 Å². The lowest BCUT2D eigenvalue weighted by Gasteiger charge is -2.14. The second kappa shape index (κ2) is 6.18. The Morgan fingerprint density at radius 2 is 1.50 bits per heavy atom. The summed E-state index contributed by atoms with van der Waals surface area (Å²) in [5.41, 5.74) is -3.11. The highest BCUT2D eigenvalue weighted by Gasteiger charge is 2.36. The first-order valence-electron chi connectivity index (χ1n) is 6.51. The fraction of sp³-hybridized carbons (Fsp3) is 0.188. The molecule has 0 radical (unpaired) electrons. The molecule has 0 aromatic heterocycles. The molecule has 2 aromatic rings. The van der Waals surface area contributed by atoms with Crippen LogP contribution in [0.1, 0.15) is 21.5 Å². The first-order valence-corrected chi connectivity index (χ1v) is 6.51. The third-order valence-corrected chi connectivity index (χ3v) is 3.25. The summed E-state index contributed by atoms with van der Waals surface area (Å²) in [6.07, 6.45) is -9.48. The van der Waals surface area contributed by atoms with Crippen molar-refractivity contribution in [2.45, 2.75) is 12.4 Å². The lowest BCUT2D eigenvalue weighted by Crippen LogP contribution is -2.14. The van der Waals surface area contributed by atoms with E-state index in [0.29, 0.717) is 6.07 Å². The number of rotatable bonds is 2. The van der Waals surface area contributed by atoms with Gasteiger partial charge in [-0.2, -0.15) is 26.3 Å². The van der Waals surface area contributed by atoms with E-state index in [0.717, 1.165) is 37.4 Å². The average Bonchev–Trinajstić information content (AvgIpc) is 2.52. The van der Waals surface area contributed by atoms with Gasteiger partial charge in [0.2, 0.25) is 0 Å². The molecule has 0 saturated carbocycles. The van der Waals surface area contributed by atoms with Crippen LogP contribution < -0.4 is 0 Å². The molecule has 2 nitrogen and oxygen atoms in total. The largest absolute Gasteiger partial charge is 0.465 e. The zero-order valence-electron chi connectivity index (χ0n) is 12.1. The van der Waals surface area contributed by atoms with E-state index >= 15 is 0 Å². The van der Waals surface area contributed by atoms with Crippen molar-refractivity contribution in [2.75, 3.05) is 7.11 Å². The number of hydrogen-bond acceptors (Lipinski definition) is 2.